The molecule has 0 aliphatic heterocycles. The van der Waals surface area contributed by atoms with Gasteiger partial charge in [0.1, 0.15) is 17.3 Å². The highest BCUT2D eigenvalue weighted by Crippen LogP contribution is 2.26. The Kier molecular flexibility index (Phi) is 5.48. The molecule has 0 bridgehead atoms. The van der Waals surface area contributed by atoms with Crippen LogP contribution < -0.4 is 15.4 Å². The highest BCUT2D eigenvalue weighted by atomic mass is 16.5. The van der Waals surface area contributed by atoms with E-state index >= 15 is 0 Å². The molecule has 1 aromatic heterocycles. The van der Waals surface area contributed by atoms with Crippen molar-refractivity contribution in [2.75, 3.05) is 18.5 Å². The summed E-state index contributed by atoms with van der Waals surface area (Å²) in [6.45, 7) is 6.43. The summed E-state index contributed by atoms with van der Waals surface area (Å²) in [6.07, 6.45) is 4.53. The Bertz CT molecular complexity index is 641. The van der Waals surface area contributed by atoms with Crippen LogP contribution >= 0.6 is 0 Å². The number of ether oxygens (including phenoxy) is 1. The summed E-state index contributed by atoms with van der Waals surface area (Å²) in [6, 6.07) is 7.55. The Morgan fingerprint density at radius 2 is 2.14 bits per heavy atom. The number of nitrogens with zero attached hydrogens (tertiary/aromatic N) is 2. The minimum Gasteiger partial charge on any atom is -0.492 e. The summed E-state index contributed by atoms with van der Waals surface area (Å²) in [5.74, 6) is 0.987. The fraction of sp³-hybridized carbons (Fsp3) is 0.188. The number of anilines is 2. The maximum absolute atomic E-state index is 11.7. The lowest BCUT2D eigenvalue weighted by Crippen LogP contribution is -2.24. The first-order valence-corrected chi connectivity index (χ1v) is 6.94. The van der Waals surface area contributed by atoms with Gasteiger partial charge in [0.05, 0.1) is 24.7 Å². The molecule has 22 heavy (non-hydrogen) atoms. The largest absolute Gasteiger partial charge is 0.492 e. The summed E-state index contributed by atoms with van der Waals surface area (Å²) in [5, 5.41) is 5.76. The number of benzene rings is 1. The van der Waals surface area contributed by atoms with Crippen LogP contribution in [-0.4, -0.2) is 29.0 Å². The Labute approximate surface area is 129 Å². The maximum atomic E-state index is 11.7. The Morgan fingerprint density at radius 3 is 2.82 bits per heavy atom. The fourth-order valence-corrected chi connectivity index (χ4v) is 1.75. The van der Waals surface area contributed by atoms with E-state index in [1.165, 1.54) is 12.4 Å². The van der Waals surface area contributed by atoms with E-state index in [4.69, 9.17) is 4.74 Å². The van der Waals surface area contributed by atoms with Gasteiger partial charge in [0.25, 0.3) is 5.91 Å². The van der Waals surface area contributed by atoms with Crippen molar-refractivity contribution in [3.05, 3.63) is 55.0 Å². The first kappa shape index (κ1) is 15.5. The molecule has 0 fully saturated rings. The van der Waals surface area contributed by atoms with Crippen molar-refractivity contribution < 1.29 is 9.53 Å². The second kappa shape index (κ2) is 7.78. The minimum absolute atomic E-state index is 0.255. The third-order valence-corrected chi connectivity index (χ3v) is 2.74. The highest BCUT2D eigenvalue weighted by Gasteiger charge is 2.08. The number of hydrogen-bond donors (Lipinski definition) is 2. The summed E-state index contributed by atoms with van der Waals surface area (Å²) in [7, 11) is 0. The SMILES string of the molecule is C=CCNC(=O)c1cnc(Nc2ccccc2OCC)cn1. The molecule has 2 rings (SSSR count). The zero-order chi connectivity index (χ0) is 15.8. The minimum atomic E-state index is -0.284. The number of carbonyl (C=O) groups excluding carboxylic acids is 1. The van der Waals surface area contributed by atoms with Gasteiger partial charge < -0.3 is 15.4 Å². The molecule has 0 spiro atoms. The molecular formula is C16H18N4O2. The van der Waals surface area contributed by atoms with Gasteiger partial charge in [0.15, 0.2) is 0 Å². The van der Waals surface area contributed by atoms with Crippen LogP contribution in [0.3, 0.4) is 0 Å². The van der Waals surface area contributed by atoms with Gasteiger partial charge in [0, 0.05) is 6.54 Å². The van der Waals surface area contributed by atoms with Gasteiger partial charge in [-0.1, -0.05) is 18.2 Å². The first-order chi connectivity index (χ1) is 10.7. The topological polar surface area (TPSA) is 76.1 Å². The Balaban J connectivity index is 2.08. The third kappa shape index (κ3) is 4.05. The molecule has 6 nitrogen and oxygen atoms in total. The van der Waals surface area contributed by atoms with Crippen LogP contribution in [-0.2, 0) is 0 Å². The van der Waals surface area contributed by atoms with E-state index in [9.17, 15) is 4.79 Å². The van der Waals surface area contributed by atoms with Crippen LogP contribution in [0.25, 0.3) is 0 Å². The zero-order valence-corrected chi connectivity index (χ0v) is 12.4. The second-order valence-electron chi connectivity index (χ2n) is 4.34. The highest BCUT2D eigenvalue weighted by molar-refractivity contribution is 5.92. The van der Waals surface area contributed by atoms with Crippen molar-refractivity contribution >= 4 is 17.4 Å². The molecule has 1 aromatic carbocycles. The molecule has 6 heteroatoms. The van der Waals surface area contributed by atoms with Crippen molar-refractivity contribution in [3.63, 3.8) is 0 Å². The van der Waals surface area contributed by atoms with Gasteiger partial charge in [-0.25, -0.2) is 9.97 Å². The number of para-hydroxylation sites is 2. The summed E-state index contributed by atoms with van der Waals surface area (Å²) in [4.78, 5) is 20.0. The molecule has 0 radical (unpaired) electrons. The number of amides is 1. The summed E-state index contributed by atoms with van der Waals surface area (Å²) >= 11 is 0. The molecule has 0 aliphatic rings. The zero-order valence-electron chi connectivity index (χ0n) is 12.4. The number of rotatable bonds is 7. The normalized spacial score (nSPS) is 9.86. The number of carbonyl (C=O) groups is 1. The van der Waals surface area contributed by atoms with E-state index in [0.717, 1.165) is 11.4 Å². The molecule has 2 N–H and O–H groups in total. The molecule has 0 aliphatic carbocycles. The van der Waals surface area contributed by atoms with E-state index in [1.807, 2.05) is 31.2 Å². The van der Waals surface area contributed by atoms with Gasteiger partial charge >= 0.3 is 0 Å². The lowest BCUT2D eigenvalue weighted by Gasteiger charge is -2.11. The predicted molar refractivity (Wildman–Crippen MR) is 85.5 cm³/mol. The molecule has 1 heterocycles. The van der Waals surface area contributed by atoms with Gasteiger partial charge in [0.2, 0.25) is 0 Å². The molecule has 1 amide bonds. The van der Waals surface area contributed by atoms with Crippen LogP contribution in [0.2, 0.25) is 0 Å². The molecular weight excluding hydrogens is 280 g/mol. The van der Waals surface area contributed by atoms with Gasteiger partial charge in [-0.2, -0.15) is 0 Å². The smallest absolute Gasteiger partial charge is 0.271 e. The third-order valence-electron chi connectivity index (χ3n) is 2.74. The summed E-state index contributed by atoms with van der Waals surface area (Å²) < 4.78 is 5.53. The standard InChI is InChI=1S/C16H18N4O2/c1-3-9-17-16(21)13-10-19-15(11-18-13)20-12-7-5-6-8-14(12)22-4-2/h3,5-8,10-11H,1,4,9H2,2H3,(H,17,21)(H,19,20). The molecule has 2 aromatic rings. The monoisotopic (exact) mass is 298 g/mol. The maximum Gasteiger partial charge on any atom is 0.271 e. The number of hydrogen-bond acceptors (Lipinski definition) is 5. The lowest BCUT2D eigenvalue weighted by atomic mass is 10.3. The van der Waals surface area contributed by atoms with E-state index in [-0.39, 0.29) is 11.6 Å². The Morgan fingerprint density at radius 1 is 1.32 bits per heavy atom. The van der Waals surface area contributed by atoms with Gasteiger partial charge in [-0.3, -0.25) is 4.79 Å². The van der Waals surface area contributed by atoms with Crippen molar-refractivity contribution in [2.24, 2.45) is 0 Å². The summed E-state index contributed by atoms with van der Waals surface area (Å²) in [5.41, 5.74) is 1.05. The van der Waals surface area contributed by atoms with Crippen molar-refractivity contribution in [1.29, 1.82) is 0 Å². The van der Waals surface area contributed by atoms with E-state index in [0.29, 0.717) is 19.0 Å². The molecule has 0 atom stereocenters. The van der Waals surface area contributed by atoms with Crippen LogP contribution in [0.15, 0.2) is 49.3 Å². The average molecular weight is 298 g/mol. The second-order valence-corrected chi connectivity index (χ2v) is 4.34. The van der Waals surface area contributed by atoms with Crippen molar-refractivity contribution in [3.8, 4) is 5.75 Å². The fourth-order valence-electron chi connectivity index (χ4n) is 1.75. The molecule has 0 saturated carbocycles. The first-order valence-electron chi connectivity index (χ1n) is 6.94. The van der Waals surface area contributed by atoms with E-state index < -0.39 is 0 Å². The van der Waals surface area contributed by atoms with Crippen LogP contribution in [0.4, 0.5) is 11.5 Å². The van der Waals surface area contributed by atoms with Crippen LogP contribution in [0, 0.1) is 0 Å². The lowest BCUT2D eigenvalue weighted by molar-refractivity contribution is 0.0952. The molecule has 0 unspecified atom stereocenters. The van der Waals surface area contributed by atoms with Crippen molar-refractivity contribution in [2.45, 2.75) is 6.92 Å². The number of aromatic nitrogens is 2. The van der Waals surface area contributed by atoms with E-state index in [2.05, 4.69) is 27.2 Å². The van der Waals surface area contributed by atoms with Crippen molar-refractivity contribution in [1.82, 2.24) is 15.3 Å². The van der Waals surface area contributed by atoms with Crippen LogP contribution in [0.5, 0.6) is 5.75 Å². The molecule has 114 valence electrons. The number of nitrogens with one attached hydrogen (secondary N) is 2. The Hall–Kier alpha value is -2.89. The predicted octanol–water partition coefficient (Wildman–Crippen LogP) is 2.53. The molecule has 0 saturated heterocycles. The quantitative estimate of drug-likeness (QED) is 0.768. The van der Waals surface area contributed by atoms with E-state index in [1.54, 1.807) is 6.08 Å². The van der Waals surface area contributed by atoms with Crippen LogP contribution in [0.1, 0.15) is 17.4 Å². The average Bonchev–Trinajstić information content (AvgIpc) is 2.55. The van der Waals surface area contributed by atoms with Gasteiger partial charge in [-0.15, -0.1) is 6.58 Å². The van der Waals surface area contributed by atoms with Gasteiger partial charge in [-0.05, 0) is 19.1 Å².